The first-order chi connectivity index (χ1) is 11.6. The minimum Gasteiger partial charge on any atom is -0.356 e. The Morgan fingerprint density at radius 2 is 1.79 bits per heavy atom. The van der Waals surface area contributed by atoms with Gasteiger partial charge < -0.3 is 10.2 Å². The molecule has 0 atom stereocenters. The Kier molecular flexibility index (Phi) is 7.22. The largest absolute Gasteiger partial charge is 0.356 e. The highest BCUT2D eigenvalue weighted by Gasteiger charge is 2.30. The van der Waals surface area contributed by atoms with Crippen molar-refractivity contribution in [3.05, 3.63) is 30.1 Å². The highest BCUT2D eigenvalue weighted by molar-refractivity contribution is 5.81. The number of hydrogen-bond acceptors (Lipinski definition) is 3. The molecule has 1 heterocycles. The van der Waals surface area contributed by atoms with Crippen molar-refractivity contribution in [3.8, 4) is 0 Å². The van der Waals surface area contributed by atoms with E-state index in [2.05, 4.69) is 17.2 Å². The zero-order chi connectivity index (χ0) is 17.4. The van der Waals surface area contributed by atoms with Crippen molar-refractivity contribution in [1.29, 1.82) is 0 Å². The number of nitrogens with one attached hydrogen (secondary N) is 1. The monoisotopic (exact) mass is 331 g/mol. The molecule has 1 aromatic rings. The summed E-state index contributed by atoms with van der Waals surface area (Å²) in [5.41, 5.74) is 1.20. The van der Waals surface area contributed by atoms with Crippen LogP contribution in [0.5, 0.6) is 0 Å². The molecule has 5 nitrogen and oxygen atoms in total. The smallest absolute Gasteiger partial charge is 0.225 e. The van der Waals surface area contributed by atoms with Crippen molar-refractivity contribution in [2.45, 2.75) is 45.4 Å². The average molecular weight is 331 g/mol. The summed E-state index contributed by atoms with van der Waals surface area (Å²) in [5.74, 6) is 0.538. The molecule has 1 saturated carbocycles. The van der Waals surface area contributed by atoms with Crippen molar-refractivity contribution in [3.63, 3.8) is 0 Å². The third kappa shape index (κ3) is 5.32. The molecule has 24 heavy (non-hydrogen) atoms. The normalized spacial score (nSPS) is 20.4. The molecule has 2 rings (SSSR count). The lowest BCUT2D eigenvalue weighted by Gasteiger charge is -2.30. The molecule has 1 aliphatic carbocycles. The summed E-state index contributed by atoms with van der Waals surface area (Å²) >= 11 is 0. The van der Waals surface area contributed by atoms with Crippen molar-refractivity contribution in [2.24, 2.45) is 11.8 Å². The van der Waals surface area contributed by atoms with Gasteiger partial charge in [0.05, 0.1) is 0 Å². The number of nitrogens with zero attached hydrogens (tertiary/aromatic N) is 2. The summed E-state index contributed by atoms with van der Waals surface area (Å²) in [7, 11) is 1.88. The van der Waals surface area contributed by atoms with E-state index in [4.69, 9.17) is 0 Å². The number of carbonyl (C=O) groups is 2. The molecular weight excluding hydrogens is 302 g/mol. The number of carbonyl (C=O) groups excluding carboxylic acids is 2. The van der Waals surface area contributed by atoms with Crippen LogP contribution in [-0.4, -0.2) is 41.8 Å². The third-order valence-corrected chi connectivity index (χ3v) is 4.86. The van der Waals surface area contributed by atoms with Crippen LogP contribution in [0.4, 0.5) is 0 Å². The van der Waals surface area contributed by atoms with Gasteiger partial charge in [-0.2, -0.15) is 0 Å². The summed E-state index contributed by atoms with van der Waals surface area (Å²) in [5, 5.41) is 2.97. The van der Waals surface area contributed by atoms with Crippen LogP contribution >= 0.6 is 0 Å². The van der Waals surface area contributed by atoms with Gasteiger partial charge in [-0.1, -0.05) is 6.92 Å². The molecule has 0 saturated heterocycles. The van der Waals surface area contributed by atoms with Crippen molar-refractivity contribution in [1.82, 2.24) is 15.2 Å². The number of likely N-dealkylation sites (N-methyl/N-ethyl adjacent to an activating group) is 1. The van der Waals surface area contributed by atoms with Crippen LogP contribution in [0.3, 0.4) is 0 Å². The first-order valence-corrected chi connectivity index (χ1v) is 9.03. The van der Waals surface area contributed by atoms with Gasteiger partial charge in [0.15, 0.2) is 0 Å². The Morgan fingerprint density at radius 1 is 1.17 bits per heavy atom. The Morgan fingerprint density at radius 3 is 2.42 bits per heavy atom. The van der Waals surface area contributed by atoms with Crippen LogP contribution in [0.2, 0.25) is 0 Å². The first-order valence-electron chi connectivity index (χ1n) is 9.03. The van der Waals surface area contributed by atoms with Crippen molar-refractivity contribution in [2.75, 3.05) is 20.1 Å². The van der Waals surface area contributed by atoms with E-state index in [1.807, 2.05) is 24.1 Å². The summed E-state index contributed by atoms with van der Waals surface area (Å²) in [6.07, 6.45) is 8.66. The predicted octanol–water partition coefficient (Wildman–Crippen LogP) is 2.42. The predicted molar refractivity (Wildman–Crippen MR) is 94.3 cm³/mol. The molecule has 0 unspecified atom stereocenters. The van der Waals surface area contributed by atoms with Crippen LogP contribution in [0.25, 0.3) is 0 Å². The van der Waals surface area contributed by atoms with Crippen LogP contribution in [0.1, 0.15) is 44.6 Å². The van der Waals surface area contributed by atoms with Gasteiger partial charge in [0.25, 0.3) is 0 Å². The summed E-state index contributed by atoms with van der Waals surface area (Å²) in [6, 6.07) is 3.97. The Balaban J connectivity index is 1.74. The van der Waals surface area contributed by atoms with Gasteiger partial charge in [0.1, 0.15) is 0 Å². The van der Waals surface area contributed by atoms with E-state index in [0.717, 1.165) is 51.6 Å². The van der Waals surface area contributed by atoms with E-state index in [1.54, 1.807) is 12.4 Å². The van der Waals surface area contributed by atoms with Gasteiger partial charge in [-0.15, -0.1) is 0 Å². The zero-order valence-corrected chi connectivity index (χ0v) is 14.8. The fraction of sp³-hybridized carbons (Fsp3) is 0.632. The number of pyridine rings is 1. The molecule has 1 fully saturated rings. The van der Waals surface area contributed by atoms with Crippen LogP contribution in [-0.2, 0) is 16.0 Å². The molecule has 2 amide bonds. The second kappa shape index (κ2) is 9.40. The molecule has 1 aliphatic rings. The Labute approximate surface area is 144 Å². The summed E-state index contributed by atoms with van der Waals surface area (Å²) in [6.45, 7) is 3.52. The molecule has 0 aromatic carbocycles. The lowest BCUT2D eigenvalue weighted by Crippen LogP contribution is -2.39. The fourth-order valence-corrected chi connectivity index (χ4v) is 3.26. The summed E-state index contributed by atoms with van der Waals surface area (Å²) in [4.78, 5) is 30.4. The molecule has 5 heteroatoms. The second-order valence-electron chi connectivity index (χ2n) is 6.70. The standard InChI is InChI=1S/C19H29N3O2/c1-3-11-21-18(23)16-4-6-17(7-5-16)19(24)22(2)14-10-15-8-12-20-13-9-15/h8-9,12-13,16-17H,3-7,10-11,14H2,1-2H3,(H,21,23). The van der Waals surface area contributed by atoms with Gasteiger partial charge in [-0.25, -0.2) is 0 Å². The highest BCUT2D eigenvalue weighted by atomic mass is 16.2. The molecule has 0 spiro atoms. The van der Waals surface area contributed by atoms with Crippen LogP contribution in [0, 0.1) is 11.8 Å². The highest BCUT2D eigenvalue weighted by Crippen LogP contribution is 2.30. The number of aromatic nitrogens is 1. The number of hydrogen-bond donors (Lipinski definition) is 1. The van der Waals surface area contributed by atoms with E-state index in [0.29, 0.717) is 0 Å². The quantitative estimate of drug-likeness (QED) is 0.834. The average Bonchev–Trinajstić information content (AvgIpc) is 2.64. The maximum Gasteiger partial charge on any atom is 0.225 e. The molecule has 0 aliphatic heterocycles. The van der Waals surface area contributed by atoms with Gasteiger partial charge in [0, 0.05) is 44.4 Å². The van der Waals surface area contributed by atoms with E-state index >= 15 is 0 Å². The topological polar surface area (TPSA) is 62.3 Å². The van der Waals surface area contributed by atoms with E-state index < -0.39 is 0 Å². The maximum absolute atomic E-state index is 12.6. The zero-order valence-electron chi connectivity index (χ0n) is 14.8. The number of amides is 2. The maximum atomic E-state index is 12.6. The fourth-order valence-electron chi connectivity index (χ4n) is 3.26. The lowest BCUT2D eigenvalue weighted by atomic mass is 9.81. The molecule has 0 bridgehead atoms. The Bertz CT molecular complexity index is 525. The minimum atomic E-state index is 0.0719. The van der Waals surface area contributed by atoms with E-state index in [-0.39, 0.29) is 23.7 Å². The van der Waals surface area contributed by atoms with E-state index in [9.17, 15) is 9.59 Å². The SMILES string of the molecule is CCCNC(=O)C1CCC(C(=O)N(C)CCc2ccncc2)CC1. The van der Waals surface area contributed by atoms with Gasteiger partial charge in [-0.05, 0) is 56.2 Å². The van der Waals surface area contributed by atoms with Crippen LogP contribution in [0.15, 0.2) is 24.5 Å². The second-order valence-corrected chi connectivity index (χ2v) is 6.70. The van der Waals surface area contributed by atoms with E-state index in [1.165, 1.54) is 5.56 Å². The molecular formula is C19H29N3O2. The minimum absolute atomic E-state index is 0.0719. The Hall–Kier alpha value is -1.91. The molecule has 1 N–H and O–H groups in total. The molecule has 132 valence electrons. The lowest BCUT2D eigenvalue weighted by molar-refractivity contribution is -0.137. The molecule has 0 radical (unpaired) electrons. The van der Waals surface area contributed by atoms with Crippen molar-refractivity contribution < 1.29 is 9.59 Å². The van der Waals surface area contributed by atoms with Crippen molar-refractivity contribution >= 4 is 11.8 Å². The first kappa shape index (κ1) is 18.4. The van der Waals surface area contributed by atoms with Gasteiger partial charge in [-0.3, -0.25) is 14.6 Å². The van der Waals surface area contributed by atoms with Gasteiger partial charge >= 0.3 is 0 Å². The molecule has 1 aromatic heterocycles. The number of rotatable bonds is 7. The third-order valence-electron chi connectivity index (χ3n) is 4.86. The van der Waals surface area contributed by atoms with Gasteiger partial charge in [0.2, 0.25) is 11.8 Å². The van der Waals surface area contributed by atoms with Crippen LogP contribution < -0.4 is 5.32 Å². The summed E-state index contributed by atoms with van der Waals surface area (Å²) < 4.78 is 0.